The summed E-state index contributed by atoms with van der Waals surface area (Å²) in [5, 5.41) is 3.17. The third-order valence-corrected chi connectivity index (χ3v) is 2.29. The van der Waals surface area contributed by atoms with Crippen LogP contribution < -0.4 is 5.32 Å². The summed E-state index contributed by atoms with van der Waals surface area (Å²) in [6.45, 7) is 4.92. The van der Waals surface area contributed by atoms with Gasteiger partial charge in [0.2, 0.25) is 0 Å². The molecule has 0 saturated carbocycles. The molecule has 2 aromatic heterocycles. The Balaban J connectivity index is 2.40. The monoisotopic (exact) mass is 214 g/mol. The van der Waals surface area contributed by atoms with Gasteiger partial charge in [-0.25, -0.2) is 9.97 Å². The molecular weight excluding hydrogens is 200 g/mol. The molecule has 0 aromatic carbocycles. The second-order valence-electron chi connectivity index (χ2n) is 3.49. The second kappa shape index (κ2) is 4.70. The number of nitrogens with one attached hydrogen (secondary N) is 1. The van der Waals surface area contributed by atoms with Crippen LogP contribution in [0.5, 0.6) is 0 Å². The number of pyridine rings is 1. The van der Waals surface area contributed by atoms with E-state index >= 15 is 0 Å². The molecule has 82 valence electrons. The van der Waals surface area contributed by atoms with E-state index in [0.717, 1.165) is 23.5 Å². The molecule has 0 fully saturated rings. The van der Waals surface area contributed by atoms with Crippen molar-refractivity contribution in [3.63, 3.8) is 0 Å². The van der Waals surface area contributed by atoms with Gasteiger partial charge in [0.05, 0.1) is 0 Å². The molecule has 0 bridgehead atoms. The molecule has 0 aliphatic rings. The number of anilines is 1. The molecule has 1 N–H and O–H groups in total. The highest BCUT2D eigenvalue weighted by atomic mass is 15.0. The summed E-state index contributed by atoms with van der Waals surface area (Å²) in [5.74, 6) is 1.56. The van der Waals surface area contributed by atoms with Crippen molar-refractivity contribution in [1.29, 1.82) is 0 Å². The Bertz CT molecular complexity index is 482. The van der Waals surface area contributed by atoms with Crippen LogP contribution in [0, 0.1) is 6.92 Å². The summed E-state index contributed by atoms with van der Waals surface area (Å²) in [7, 11) is 0. The van der Waals surface area contributed by atoms with Gasteiger partial charge in [0.1, 0.15) is 5.82 Å². The van der Waals surface area contributed by atoms with Crippen molar-refractivity contribution < 1.29 is 0 Å². The molecule has 2 rings (SSSR count). The second-order valence-corrected chi connectivity index (χ2v) is 3.49. The number of hydrogen-bond acceptors (Lipinski definition) is 4. The first-order valence-corrected chi connectivity index (χ1v) is 5.29. The molecule has 0 saturated heterocycles. The van der Waals surface area contributed by atoms with Crippen LogP contribution in [0.15, 0.2) is 30.7 Å². The summed E-state index contributed by atoms with van der Waals surface area (Å²) >= 11 is 0. The molecular formula is C12H14N4. The summed E-state index contributed by atoms with van der Waals surface area (Å²) < 4.78 is 0. The minimum atomic E-state index is 0.712. The maximum absolute atomic E-state index is 4.43. The van der Waals surface area contributed by atoms with Crippen molar-refractivity contribution in [3.05, 3.63) is 36.3 Å². The molecule has 0 amide bonds. The van der Waals surface area contributed by atoms with Crippen LogP contribution in [0.1, 0.15) is 12.5 Å². The lowest BCUT2D eigenvalue weighted by Gasteiger charge is -2.06. The van der Waals surface area contributed by atoms with E-state index in [0.29, 0.717) is 5.82 Å². The SMILES string of the molecule is CCNc1ccnc(-c2cnccc2C)n1. The Morgan fingerprint density at radius 3 is 2.88 bits per heavy atom. The van der Waals surface area contributed by atoms with E-state index in [1.165, 1.54) is 0 Å². The molecule has 2 aromatic rings. The van der Waals surface area contributed by atoms with Crippen LogP contribution in [0.2, 0.25) is 0 Å². The van der Waals surface area contributed by atoms with E-state index in [9.17, 15) is 0 Å². The molecule has 0 radical (unpaired) electrons. The van der Waals surface area contributed by atoms with E-state index < -0.39 is 0 Å². The van der Waals surface area contributed by atoms with Gasteiger partial charge in [-0.05, 0) is 31.5 Å². The first kappa shape index (κ1) is 10.5. The van der Waals surface area contributed by atoms with Crippen LogP contribution in [-0.2, 0) is 0 Å². The van der Waals surface area contributed by atoms with Gasteiger partial charge in [-0.1, -0.05) is 0 Å². The fraction of sp³-hybridized carbons (Fsp3) is 0.250. The van der Waals surface area contributed by atoms with Gasteiger partial charge in [0.15, 0.2) is 5.82 Å². The van der Waals surface area contributed by atoms with Gasteiger partial charge in [0, 0.05) is 30.7 Å². The lowest BCUT2D eigenvalue weighted by atomic mass is 10.1. The molecule has 4 heteroatoms. The summed E-state index contributed by atoms with van der Waals surface area (Å²) in [5.41, 5.74) is 2.10. The average molecular weight is 214 g/mol. The van der Waals surface area contributed by atoms with Crippen molar-refractivity contribution in [2.45, 2.75) is 13.8 Å². The normalized spacial score (nSPS) is 10.1. The van der Waals surface area contributed by atoms with Crippen molar-refractivity contribution in [2.75, 3.05) is 11.9 Å². The molecule has 0 aliphatic carbocycles. The van der Waals surface area contributed by atoms with E-state index in [4.69, 9.17) is 0 Å². The Kier molecular flexibility index (Phi) is 3.10. The summed E-state index contributed by atoms with van der Waals surface area (Å²) in [4.78, 5) is 12.8. The van der Waals surface area contributed by atoms with Crippen LogP contribution in [-0.4, -0.2) is 21.5 Å². The maximum Gasteiger partial charge on any atom is 0.163 e. The van der Waals surface area contributed by atoms with Gasteiger partial charge in [-0.15, -0.1) is 0 Å². The summed E-state index contributed by atoms with van der Waals surface area (Å²) in [6.07, 6.45) is 5.32. The molecule has 0 aliphatic heterocycles. The number of rotatable bonds is 3. The molecule has 0 atom stereocenters. The zero-order valence-electron chi connectivity index (χ0n) is 9.44. The van der Waals surface area contributed by atoms with Crippen molar-refractivity contribution in [3.8, 4) is 11.4 Å². The van der Waals surface area contributed by atoms with Crippen molar-refractivity contribution in [2.24, 2.45) is 0 Å². The molecule has 16 heavy (non-hydrogen) atoms. The van der Waals surface area contributed by atoms with Crippen LogP contribution in [0.4, 0.5) is 5.82 Å². The molecule has 0 spiro atoms. The third-order valence-electron chi connectivity index (χ3n) is 2.29. The number of nitrogens with zero attached hydrogens (tertiary/aromatic N) is 3. The predicted octanol–water partition coefficient (Wildman–Crippen LogP) is 2.28. The fourth-order valence-corrected chi connectivity index (χ4v) is 1.47. The van der Waals surface area contributed by atoms with E-state index in [1.54, 1.807) is 18.6 Å². The standard InChI is InChI=1S/C12H14N4/c1-3-14-11-5-7-15-12(16-11)10-8-13-6-4-9(10)2/h4-8H,3H2,1-2H3,(H,14,15,16). The Hall–Kier alpha value is -1.97. The quantitative estimate of drug-likeness (QED) is 0.851. The topological polar surface area (TPSA) is 50.7 Å². The zero-order chi connectivity index (χ0) is 11.4. The van der Waals surface area contributed by atoms with Gasteiger partial charge < -0.3 is 5.32 Å². The zero-order valence-corrected chi connectivity index (χ0v) is 9.44. The van der Waals surface area contributed by atoms with Crippen LogP contribution in [0.3, 0.4) is 0 Å². The van der Waals surface area contributed by atoms with Crippen molar-refractivity contribution in [1.82, 2.24) is 15.0 Å². The minimum absolute atomic E-state index is 0.712. The lowest BCUT2D eigenvalue weighted by Crippen LogP contribution is -2.01. The molecule has 4 nitrogen and oxygen atoms in total. The van der Waals surface area contributed by atoms with Crippen LogP contribution in [0.25, 0.3) is 11.4 Å². The number of hydrogen-bond donors (Lipinski definition) is 1. The maximum atomic E-state index is 4.43. The number of aryl methyl sites for hydroxylation is 1. The van der Waals surface area contributed by atoms with Gasteiger partial charge in [0.25, 0.3) is 0 Å². The van der Waals surface area contributed by atoms with Crippen LogP contribution >= 0.6 is 0 Å². The van der Waals surface area contributed by atoms with E-state index in [2.05, 4.69) is 20.3 Å². The molecule has 0 unspecified atom stereocenters. The Morgan fingerprint density at radius 1 is 1.25 bits per heavy atom. The van der Waals surface area contributed by atoms with E-state index in [-0.39, 0.29) is 0 Å². The smallest absolute Gasteiger partial charge is 0.163 e. The predicted molar refractivity (Wildman–Crippen MR) is 64.2 cm³/mol. The Labute approximate surface area is 94.8 Å². The highest BCUT2D eigenvalue weighted by Crippen LogP contribution is 2.18. The highest BCUT2D eigenvalue weighted by Gasteiger charge is 2.05. The van der Waals surface area contributed by atoms with E-state index in [1.807, 2.05) is 26.0 Å². The average Bonchev–Trinajstić information content (AvgIpc) is 2.30. The highest BCUT2D eigenvalue weighted by molar-refractivity contribution is 5.59. The lowest BCUT2D eigenvalue weighted by molar-refractivity contribution is 1.11. The molecule has 2 heterocycles. The summed E-state index contributed by atoms with van der Waals surface area (Å²) in [6, 6.07) is 3.82. The first-order valence-electron chi connectivity index (χ1n) is 5.29. The largest absolute Gasteiger partial charge is 0.370 e. The number of aromatic nitrogens is 3. The van der Waals surface area contributed by atoms with Gasteiger partial charge >= 0.3 is 0 Å². The van der Waals surface area contributed by atoms with Gasteiger partial charge in [-0.2, -0.15) is 0 Å². The van der Waals surface area contributed by atoms with Gasteiger partial charge in [-0.3, -0.25) is 4.98 Å². The van der Waals surface area contributed by atoms with Crippen molar-refractivity contribution >= 4 is 5.82 Å². The first-order chi connectivity index (χ1) is 7.81. The Morgan fingerprint density at radius 2 is 2.12 bits per heavy atom. The fourth-order valence-electron chi connectivity index (χ4n) is 1.47. The minimum Gasteiger partial charge on any atom is -0.370 e. The third kappa shape index (κ3) is 2.16.